The van der Waals surface area contributed by atoms with Crippen LogP contribution in [0.4, 0.5) is 0 Å². The fourth-order valence-corrected chi connectivity index (χ4v) is 4.04. The summed E-state index contributed by atoms with van der Waals surface area (Å²) in [7, 11) is -2.29. The molecule has 0 bridgehead atoms. The van der Waals surface area contributed by atoms with E-state index in [1.165, 1.54) is 0 Å². The first-order valence-corrected chi connectivity index (χ1v) is 13.4. The summed E-state index contributed by atoms with van der Waals surface area (Å²) in [5.41, 5.74) is -0.705. The van der Waals surface area contributed by atoms with Crippen molar-refractivity contribution in [2.75, 3.05) is 0 Å². The molecule has 1 heterocycles. The SMILES string of the molecule is CC1(C)OB(/C=C/C(CCCCCC(=O)O)O[Si](C)(C)C(C)(C)C)OC1(C)C. The Morgan fingerprint density at radius 1 is 1.11 bits per heavy atom. The van der Waals surface area contributed by atoms with Gasteiger partial charge in [0, 0.05) is 6.42 Å². The fraction of sp³-hybridized carbons (Fsp3) is 0.857. The molecule has 1 fully saturated rings. The van der Waals surface area contributed by atoms with Crippen molar-refractivity contribution in [3.8, 4) is 0 Å². The molecule has 162 valence electrons. The minimum atomic E-state index is -1.91. The van der Waals surface area contributed by atoms with Crippen molar-refractivity contribution < 1.29 is 23.6 Å². The van der Waals surface area contributed by atoms with Crippen molar-refractivity contribution in [3.63, 3.8) is 0 Å². The Labute approximate surface area is 173 Å². The summed E-state index contributed by atoms with van der Waals surface area (Å²) in [6, 6.07) is 0. The van der Waals surface area contributed by atoms with Crippen LogP contribution in [0.3, 0.4) is 0 Å². The third-order valence-corrected chi connectivity index (χ3v) is 10.9. The zero-order valence-corrected chi connectivity index (χ0v) is 20.4. The van der Waals surface area contributed by atoms with Gasteiger partial charge in [0.2, 0.25) is 0 Å². The molecule has 28 heavy (non-hydrogen) atoms. The Balaban J connectivity index is 2.76. The first kappa shape index (κ1) is 25.4. The van der Waals surface area contributed by atoms with E-state index in [-0.39, 0.29) is 35.9 Å². The number of hydrogen-bond acceptors (Lipinski definition) is 4. The van der Waals surface area contributed by atoms with Gasteiger partial charge in [-0.2, -0.15) is 0 Å². The first-order chi connectivity index (χ1) is 12.6. The molecule has 0 amide bonds. The Hall–Kier alpha value is -0.628. The minimum absolute atomic E-state index is 0.00950. The maximum Gasteiger partial charge on any atom is 0.486 e. The molecule has 1 atom stereocenters. The molecule has 0 radical (unpaired) electrons. The lowest BCUT2D eigenvalue weighted by atomic mass is 9.89. The van der Waals surface area contributed by atoms with Crippen LogP contribution in [-0.2, 0) is 18.5 Å². The second-order valence-corrected chi connectivity index (χ2v) is 15.2. The molecule has 0 aliphatic carbocycles. The second kappa shape index (κ2) is 9.46. The number of unbranched alkanes of at least 4 members (excludes halogenated alkanes) is 2. The molecule has 1 N–H and O–H groups in total. The minimum Gasteiger partial charge on any atom is -0.481 e. The van der Waals surface area contributed by atoms with Crippen molar-refractivity contribution in [1.82, 2.24) is 0 Å². The number of hydrogen-bond donors (Lipinski definition) is 1. The van der Waals surface area contributed by atoms with E-state index in [1.807, 2.05) is 33.7 Å². The highest BCUT2D eigenvalue weighted by molar-refractivity contribution is 6.74. The van der Waals surface area contributed by atoms with E-state index in [2.05, 4.69) is 39.9 Å². The van der Waals surface area contributed by atoms with Crippen molar-refractivity contribution in [3.05, 3.63) is 12.1 Å². The Morgan fingerprint density at radius 2 is 1.64 bits per heavy atom. The van der Waals surface area contributed by atoms with Crippen LogP contribution in [0.25, 0.3) is 0 Å². The van der Waals surface area contributed by atoms with Crippen LogP contribution in [0, 0.1) is 0 Å². The van der Waals surface area contributed by atoms with E-state index in [0.717, 1.165) is 19.3 Å². The molecule has 7 heteroatoms. The number of aliphatic carboxylic acids is 1. The normalized spacial score (nSPS) is 20.7. The Kier molecular flexibility index (Phi) is 8.58. The maximum atomic E-state index is 10.7. The average Bonchev–Trinajstić information content (AvgIpc) is 2.70. The van der Waals surface area contributed by atoms with Gasteiger partial charge >= 0.3 is 13.1 Å². The van der Waals surface area contributed by atoms with E-state index in [1.54, 1.807) is 0 Å². The predicted octanol–water partition coefficient (Wildman–Crippen LogP) is 5.60. The third-order valence-electron chi connectivity index (χ3n) is 6.39. The van der Waals surface area contributed by atoms with Crippen molar-refractivity contribution >= 4 is 21.4 Å². The van der Waals surface area contributed by atoms with Gasteiger partial charge in [-0.15, -0.1) is 0 Å². The molecular weight excluding hydrogens is 371 g/mol. The fourth-order valence-electron chi connectivity index (χ4n) is 2.73. The number of carbonyl (C=O) groups is 1. The lowest BCUT2D eigenvalue weighted by Crippen LogP contribution is -2.43. The second-order valence-electron chi connectivity index (χ2n) is 10.4. The standard InChI is InChI=1S/C21H41BO5Si/c1-19(2,3)28(8,9)25-17(13-11-10-12-14-18(23)24)15-16-22-26-20(4,5)21(6,7)27-22/h15-17H,10-14H2,1-9H3,(H,23,24)/b16-15+. The number of rotatable bonds is 10. The van der Waals surface area contributed by atoms with E-state index in [9.17, 15) is 4.79 Å². The van der Waals surface area contributed by atoms with Crippen LogP contribution in [0.2, 0.25) is 18.1 Å². The summed E-state index contributed by atoms with van der Waals surface area (Å²) in [5, 5.41) is 8.93. The van der Waals surface area contributed by atoms with Gasteiger partial charge in [0.15, 0.2) is 8.32 Å². The lowest BCUT2D eigenvalue weighted by Gasteiger charge is -2.38. The van der Waals surface area contributed by atoms with E-state index >= 15 is 0 Å². The molecule has 1 rings (SSSR count). The molecule has 1 saturated heterocycles. The molecule has 0 spiro atoms. The highest BCUT2D eigenvalue weighted by Gasteiger charge is 2.50. The highest BCUT2D eigenvalue weighted by atomic mass is 28.4. The van der Waals surface area contributed by atoms with Crippen LogP contribution in [0.1, 0.15) is 80.6 Å². The van der Waals surface area contributed by atoms with Gasteiger partial charge in [0.05, 0.1) is 17.3 Å². The summed E-state index contributed by atoms with van der Waals surface area (Å²) in [6.07, 6.45) is 5.74. The molecule has 1 aliphatic heterocycles. The van der Waals surface area contributed by atoms with Crippen LogP contribution in [0.5, 0.6) is 0 Å². The number of carboxylic acids is 1. The molecule has 0 aromatic rings. The van der Waals surface area contributed by atoms with Crippen LogP contribution >= 0.6 is 0 Å². The molecular formula is C21H41BO5Si. The van der Waals surface area contributed by atoms with E-state index < -0.39 is 14.3 Å². The van der Waals surface area contributed by atoms with E-state index in [0.29, 0.717) is 6.42 Å². The van der Waals surface area contributed by atoms with Gasteiger partial charge in [-0.1, -0.05) is 45.7 Å². The van der Waals surface area contributed by atoms with Crippen LogP contribution < -0.4 is 0 Å². The summed E-state index contributed by atoms with van der Waals surface area (Å²) >= 11 is 0. The quantitative estimate of drug-likeness (QED) is 0.374. The van der Waals surface area contributed by atoms with Crippen LogP contribution in [0.15, 0.2) is 12.1 Å². The monoisotopic (exact) mass is 412 g/mol. The van der Waals surface area contributed by atoms with Crippen molar-refractivity contribution in [2.45, 2.75) is 116 Å². The highest BCUT2D eigenvalue weighted by Crippen LogP contribution is 2.39. The summed E-state index contributed by atoms with van der Waals surface area (Å²) < 4.78 is 18.7. The van der Waals surface area contributed by atoms with Crippen molar-refractivity contribution in [1.29, 1.82) is 0 Å². The average molecular weight is 412 g/mol. The topological polar surface area (TPSA) is 65.0 Å². The van der Waals surface area contributed by atoms with Gasteiger partial charge in [-0.25, -0.2) is 0 Å². The van der Waals surface area contributed by atoms with Gasteiger partial charge in [-0.05, 0) is 58.7 Å². The lowest BCUT2D eigenvalue weighted by molar-refractivity contribution is -0.137. The Morgan fingerprint density at radius 3 is 2.11 bits per heavy atom. The maximum absolute atomic E-state index is 10.7. The van der Waals surface area contributed by atoms with Gasteiger partial charge in [-0.3, -0.25) is 4.79 Å². The molecule has 0 saturated carbocycles. The molecule has 1 unspecified atom stereocenters. The smallest absolute Gasteiger partial charge is 0.481 e. The molecule has 0 aromatic heterocycles. The molecule has 5 nitrogen and oxygen atoms in total. The molecule has 1 aliphatic rings. The van der Waals surface area contributed by atoms with Crippen LogP contribution in [-0.4, -0.2) is 43.8 Å². The van der Waals surface area contributed by atoms with Gasteiger partial charge < -0.3 is 18.8 Å². The van der Waals surface area contributed by atoms with Gasteiger partial charge in [0.1, 0.15) is 0 Å². The number of carboxylic acid groups (broad SMARTS) is 1. The zero-order valence-electron chi connectivity index (χ0n) is 19.4. The first-order valence-electron chi connectivity index (χ1n) is 10.5. The largest absolute Gasteiger partial charge is 0.486 e. The zero-order chi connectivity index (χ0) is 21.8. The summed E-state index contributed by atoms with van der Waals surface area (Å²) in [4.78, 5) is 10.7. The van der Waals surface area contributed by atoms with E-state index in [4.69, 9.17) is 18.8 Å². The summed E-state index contributed by atoms with van der Waals surface area (Å²) in [5.74, 6) is 1.25. The Bertz CT molecular complexity index is 535. The molecule has 0 aromatic carbocycles. The summed E-state index contributed by atoms with van der Waals surface area (Å²) in [6.45, 7) is 19.4. The third kappa shape index (κ3) is 7.32. The van der Waals surface area contributed by atoms with Gasteiger partial charge in [0.25, 0.3) is 0 Å². The predicted molar refractivity (Wildman–Crippen MR) is 118 cm³/mol. The van der Waals surface area contributed by atoms with Crippen molar-refractivity contribution in [2.24, 2.45) is 0 Å².